The average Bonchev–Trinajstić information content (AvgIpc) is 2.71. The zero-order valence-electron chi connectivity index (χ0n) is 10.2. The molecule has 1 heterocycles. The van der Waals surface area contributed by atoms with Crippen LogP contribution < -0.4 is 11.1 Å². The highest BCUT2D eigenvalue weighted by Crippen LogP contribution is 2.28. The number of nitrogen functional groups attached to an aromatic ring is 1. The lowest BCUT2D eigenvalue weighted by Crippen LogP contribution is -2.13. The van der Waals surface area contributed by atoms with Crippen molar-refractivity contribution in [3.05, 3.63) is 53.1 Å². The van der Waals surface area contributed by atoms with Crippen LogP contribution in [0.25, 0.3) is 11.1 Å². The summed E-state index contributed by atoms with van der Waals surface area (Å²) in [5.74, 6) is 0.0293. The van der Waals surface area contributed by atoms with Crippen molar-refractivity contribution >= 4 is 11.6 Å². The van der Waals surface area contributed by atoms with Crippen molar-refractivity contribution in [2.75, 3.05) is 5.73 Å². The van der Waals surface area contributed by atoms with E-state index in [4.69, 9.17) is 5.73 Å². The summed E-state index contributed by atoms with van der Waals surface area (Å²) in [5, 5.41) is 2.85. The van der Waals surface area contributed by atoms with Crippen LogP contribution in [0.15, 0.2) is 36.4 Å². The molecular formula is C15H14N2O. The van der Waals surface area contributed by atoms with Crippen LogP contribution in [0.3, 0.4) is 0 Å². The van der Waals surface area contributed by atoms with E-state index in [0.29, 0.717) is 6.54 Å². The second kappa shape index (κ2) is 3.88. The second-order valence-corrected chi connectivity index (χ2v) is 4.64. The first kappa shape index (κ1) is 10.8. The van der Waals surface area contributed by atoms with Gasteiger partial charge in [-0.15, -0.1) is 0 Å². The van der Waals surface area contributed by atoms with Crippen molar-refractivity contribution in [2.24, 2.45) is 0 Å². The van der Waals surface area contributed by atoms with E-state index >= 15 is 0 Å². The number of benzene rings is 2. The number of aryl methyl sites for hydroxylation is 1. The molecule has 0 aromatic heterocycles. The summed E-state index contributed by atoms with van der Waals surface area (Å²) in [6.07, 6.45) is 0. The number of hydrogen-bond donors (Lipinski definition) is 2. The third kappa shape index (κ3) is 1.64. The van der Waals surface area contributed by atoms with Crippen LogP contribution in [0, 0.1) is 6.92 Å². The quantitative estimate of drug-likeness (QED) is 0.750. The van der Waals surface area contributed by atoms with Crippen LogP contribution in [0.5, 0.6) is 0 Å². The Morgan fingerprint density at radius 2 is 2.00 bits per heavy atom. The lowest BCUT2D eigenvalue weighted by molar-refractivity contribution is 0.0965. The highest BCUT2D eigenvalue weighted by atomic mass is 16.1. The number of amides is 1. The SMILES string of the molecule is Cc1cc(-c2cccc(N)c2)cc2c1C(=O)NC2. The monoisotopic (exact) mass is 238 g/mol. The van der Waals surface area contributed by atoms with Crippen LogP contribution in [0.2, 0.25) is 0 Å². The van der Waals surface area contributed by atoms with E-state index in [2.05, 4.69) is 11.4 Å². The maximum Gasteiger partial charge on any atom is 0.252 e. The van der Waals surface area contributed by atoms with Gasteiger partial charge in [-0.2, -0.15) is 0 Å². The van der Waals surface area contributed by atoms with Crippen molar-refractivity contribution in [1.29, 1.82) is 0 Å². The van der Waals surface area contributed by atoms with Crippen LogP contribution in [-0.4, -0.2) is 5.91 Å². The molecule has 0 fully saturated rings. The number of rotatable bonds is 1. The Kier molecular flexibility index (Phi) is 2.33. The summed E-state index contributed by atoms with van der Waals surface area (Å²) in [4.78, 5) is 11.7. The summed E-state index contributed by atoms with van der Waals surface area (Å²) in [6, 6.07) is 11.9. The fourth-order valence-corrected chi connectivity index (χ4v) is 2.47. The summed E-state index contributed by atoms with van der Waals surface area (Å²) in [7, 11) is 0. The Labute approximate surface area is 106 Å². The molecular weight excluding hydrogens is 224 g/mol. The molecule has 1 aliphatic rings. The topological polar surface area (TPSA) is 55.1 Å². The minimum absolute atomic E-state index is 0.0293. The molecule has 0 saturated carbocycles. The smallest absolute Gasteiger partial charge is 0.252 e. The molecule has 18 heavy (non-hydrogen) atoms. The lowest BCUT2D eigenvalue weighted by atomic mass is 9.96. The summed E-state index contributed by atoms with van der Waals surface area (Å²) in [6.45, 7) is 2.59. The Morgan fingerprint density at radius 3 is 2.78 bits per heavy atom. The highest BCUT2D eigenvalue weighted by molar-refractivity contribution is 6.00. The summed E-state index contributed by atoms with van der Waals surface area (Å²) in [5.41, 5.74) is 11.6. The van der Waals surface area contributed by atoms with Crippen molar-refractivity contribution in [2.45, 2.75) is 13.5 Å². The molecule has 0 aliphatic carbocycles. The maximum atomic E-state index is 11.7. The molecule has 3 heteroatoms. The minimum atomic E-state index is 0.0293. The molecule has 0 unspecified atom stereocenters. The number of nitrogens with one attached hydrogen (secondary N) is 1. The van der Waals surface area contributed by atoms with Crippen molar-refractivity contribution in [3.8, 4) is 11.1 Å². The van der Waals surface area contributed by atoms with E-state index in [0.717, 1.165) is 33.5 Å². The van der Waals surface area contributed by atoms with Gasteiger partial charge in [0.1, 0.15) is 0 Å². The van der Waals surface area contributed by atoms with E-state index in [9.17, 15) is 4.79 Å². The average molecular weight is 238 g/mol. The maximum absolute atomic E-state index is 11.7. The van der Waals surface area contributed by atoms with Gasteiger partial charge in [-0.3, -0.25) is 4.79 Å². The predicted molar refractivity (Wildman–Crippen MR) is 72.2 cm³/mol. The van der Waals surface area contributed by atoms with Crippen LogP contribution in [0.4, 0.5) is 5.69 Å². The Bertz CT molecular complexity index is 647. The van der Waals surface area contributed by atoms with Crippen LogP contribution >= 0.6 is 0 Å². The minimum Gasteiger partial charge on any atom is -0.399 e. The largest absolute Gasteiger partial charge is 0.399 e. The van der Waals surface area contributed by atoms with Crippen molar-refractivity contribution < 1.29 is 4.79 Å². The van der Waals surface area contributed by atoms with E-state index in [1.165, 1.54) is 0 Å². The molecule has 2 aromatic rings. The zero-order chi connectivity index (χ0) is 12.7. The molecule has 0 saturated heterocycles. The van der Waals surface area contributed by atoms with Gasteiger partial charge in [0.25, 0.3) is 5.91 Å². The van der Waals surface area contributed by atoms with Crippen molar-refractivity contribution in [1.82, 2.24) is 5.32 Å². The zero-order valence-corrected chi connectivity index (χ0v) is 10.2. The molecule has 0 spiro atoms. The number of nitrogens with two attached hydrogens (primary N) is 1. The molecule has 90 valence electrons. The van der Waals surface area contributed by atoms with Gasteiger partial charge in [0.05, 0.1) is 0 Å². The first-order valence-electron chi connectivity index (χ1n) is 5.93. The van der Waals surface area contributed by atoms with Gasteiger partial charge in [-0.1, -0.05) is 18.2 Å². The second-order valence-electron chi connectivity index (χ2n) is 4.64. The molecule has 0 atom stereocenters. The van der Waals surface area contributed by atoms with Gasteiger partial charge >= 0.3 is 0 Å². The molecule has 3 nitrogen and oxygen atoms in total. The van der Waals surface area contributed by atoms with Crippen LogP contribution in [-0.2, 0) is 6.54 Å². The number of hydrogen-bond acceptors (Lipinski definition) is 2. The standard InChI is InChI=1S/C15H14N2O/c1-9-5-11(10-3-2-4-13(16)7-10)6-12-8-17-15(18)14(9)12/h2-7H,8,16H2,1H3,(H,17,18). The van der Waals surface area contributed by atoms with Gasteiger partial charge in [0.2, 0.25) is 0 Å². The highest BCUT2D eigenvalue weighted by Gasteiger charge is 2.21. The van der Waals surface area contributed by atoms with Gasteiger partial charge in [0.15, 0.2) is 0 Å². The number of carbonyl (C=O) groups excluding carboxylic acids is 1. The summed E-state index contributed by atoms with van der Waals surface area (Å²) >= 11 is 0. The molecule has 1 aliphatic heterocycles. The van der Waals surface area contributed by atoms with Gasteiger partial charge in [0, 0.05) is 17.8 Å². The molecule has 1 amide bonds. The van der Waals surface area contributed by atoms with E-state index in [1.807, 2.05) is 37.3 Å². The predicted octanol–water partition coefficient (Wildman–Crippen LogP) is 2.49. The molecule has 3 rings (SSSR count). The molecule has 0 bridgehead atoms. The van der Waals surface area contributed by atoms with Gasteiger partial charge < -0.3 is 11.1 Å². The van der Waals surface area contributed by atoms with Gasteiger partial charge in [-0.25, -0.2) is 0 Å². The molecule has 0 radical (unpaired) electrons. The van der Waals surface area contributed by atoms with E-state index in [-0.39, 0.29) is 5.91 Å². The fourth-order valence-electron chi connectivity index (χ4n) is 2.47. The molecule has 2 aromatic carbocycles. The Hall–Kier alpha value is -2.29. The normalized spacial score (nSPS) is 13.3. The first-order valence-corrected chi connectivity index (χ1v) is 5.93. The van der Waals surface area contributed by atoms with E-state index < -0.39 is 0 Å². The Balaban J connectivity index is 2.16. The Morgan fingerprint density at radius 1 is 1.17 bits per heavy atom. The third-order valence-electron chi connectivity index (χ3n) is 3.30. The van der Waals surface area contributed by atoms with Crippen molar-refractivity contribution in [3.63, 3.8) is 0 Å². The lowest BCUT2D eigenvalue weighted by Gasteiger charge is -2.08. The third-order valence-corrected chi connectivity index (χ3v) is 3.30. The number of fused-ring (bicyclic) bond motifs is 1. The fraction of sp³-hybridized carbons (Fsp3) is 0.133. The number of anilines is 1. The van der Waals surface area contributed by atoms with Gasteiger partial charge in [-0.05, 0) is 47.4 Å². The van der Waals surface area contributed by atoms with Crippen LogP contribution in [0.1, 0.15) is 21.5 Å². The van der Waals surface area contributed by atoms with E-state index in [1.54, 1.807) is 0 Å². The first-order chi connectivity index (χ1) is 8.65. The number of carbonyl (C=O) groups is 1. The summed E-state index contributed by atoms with van der Waals surface area (Å²) < 4.78 is 0. The molecule has 3 N–H and O–H groups in total.